The quantitative estimate of drug-likeness (QED) is 0.816. The SMILES string of the molecule is CC1(CN(CC2CC2)C2CCC2)CCNC1.Cl. The molecule has 2 aliphatic carbocycles. The van der Waals surface area contributed by atoms with Gasteiger partial charge in [0.2, 0.25) is 0 Å². The molecule has 100 valence electrons. The largest absolute Gasteiger partial charge is 0.316 e. The number of rotatable bonds is 5. The number of nitrogens with one attached hydrogen (secondary N) is 1. The van der Waals surface area contributed by atoms with Crippen molar-refractivity contribution in [3.63, 3.8) is 0 Å². The van der Waals surface area contributed by atoms with Crippen molar-refractivity contribution in [3.05, 3.63) is 0 Å². The summed E-state index contributed by atoms with van der Waals surface area (Å²) in [5.41, 5.74) is 0.560. The van der Waals surface area contributed by atoms with E-state index in [1.54, 1.807) is 0 Å². The summed E-state index contributed by atoms with van der Waals surface area (Å²) in [4.78, 5) is 2.84. The number of nitrogens with zero attached hydrogens (tertiary/aromatic N) is 1. The summed E-state index contributed by atoms with van der Waals surface area (Å²) >= 11 is 0. The molecule has 1 atom stereocenters. The van der Waals surface area contributed by atoms with Gasteiger partial charge in [-0.05, 0) is 50.0 Å². The molecule has 1 N–H and O–H groups in total. The molecule has 0 aromatic rings. The molecule has 3 fully saturated rings. The van der Waals surface area contributed by atoms with E-state index < -0.39 is 0 Å². The van der Waals surface area contributed by atoms with E-state index in [0.717, 1.165) is 12.0 Å². The van der Waals surface area contributed by atoms with Gasteiger partial charge < -0.3 is 5.32 Å². The molecule has 0 bridgehead atoms. The third-order valence-corrected chi connectivity index (χ3v) is 4.82. The highest BCUT2D eigenvalue weighted by atomic mass is 35.5. The monoisotopic (exact) mass is 258 g/mol. The van der Waals surface area contributed by atoms with Crippen molar-refractivity contribution in [2.24, 2.45) is 11.3 Å². The van der Waals surface area contributed by atoms with Gasteiger partial charge in [0.15, 0.2) is 0 Å². The van der Waals surface area contributed by atoms with E-state index in [0.29, 0.717) is 5.41 Å². The number of halogens is 1. The second-order valence-corrected chi connectivity index (χ2v) is 6.69. The first-order valence-electron chi connectivity index (χ1n) is 7.20. The fourth-order valence-electron chi connectivity index (χ4n) is 3.22. The summed E-state index contributed by atoms with van der Waals surface area (Å²) in [6, 6.07) is 0.943. The van der Waals surface area contributed by atoms with Gasteiger partial charge in [-0.25, -0.2) is 0 Å². The zero-order chi connectivity index (χ0) is 11.0. The molecular weight excluding hydrogens is 232 g/mol. The maximum absolute atomic E-state index is 3.54. The number of hydrogen-bond acceptors (Lipinski definition) is 2. The second-order valence-electron chi connectivity index (χ2n) is 6.69. The molecule has 1 unspecified atom stereocenters. The normalized spacial score (nSPS) is 33.5. The van der Waals surface area contributed by atoms with E-state index in [1.807, 2.05) is 0 Å². The molecule has 2 nitrogen and oxygen atoms in total. The van der Waals surface area contributed by atoms with Crippen molar-refractivity contribution >= 4 is 12.4 Å². The summed E-state index contributed by atoms with van der Waals surface area (Å²) in [5.74, 6) is 1.05. The van der Waals surface area contributed by atoms with Gasteiger partial charge in [-0.1, -0.05) is 13.3 Å². The van der Waals surface area contributed by atoms with Gasteiger partial charge in [0, 0.05) is 25.7 Å². The summed E-state index contributed by atoms with van der Waals surface area (Å²) in [6.07, 6.45) is 8.78. The average molecular weight is 259 g/mol. The van der Waals surface area contributed by atoms with Gasteiger partial charge in [0.05, 0.1) is 0 Å². The van der Waals surface area contributed by atoms with E-state index in [2.05, 4.69) is 17.1 Å². The van der Waals surface area contributed by atoms with E-state index in [-0.39, 0.29) is 12.4 Å². The highest BCUT2D eigenvalue weighted by Gasteiger charge is 2.37. The molecule has 17 heavy (non-hydrogen) atoms. The van der Waals surface area contributed by atoms with Gasteiger partial charge in [-0.2, -0.15) is 0 Å². The first-order valence-corrected chi connectivity index (χ1v) is 7.20. The summed E-state index contributed by atoms with van der Waals surface area (Å²) < 4.78 is 0. The Morgan fingerprint density at radius 1 is 1.24 bits per heavy atom. The van der Waals surface area contributed by atoms with Crippen LogP contribution in [0, 0.1) is 11.3 Å². The molecule has 0 aromatic heterocycles. The second kappa shape index (κ2) is 5.46. The van der Waals surface area contributed by atoms with Crippen LogP contribution in [0.1, 0.15) is 45.4 Å². The fourth-order valence-corrected chi connectivity index (χ4v) is 3.22. The van der Waals surface area contributed by atoms with Gasteiger partial charge in [-0.15, -0.1) is 12.4 Å². The third-order valence-electron chi connectivity index (χ3n) is 4.82. The van der Waals surface area contributed by atoms with Crippen molar-refractivity contribution < 1.29 is 0 Å². The Bertz CT molecular complexity index is 243. The van der Waals surface area contributed by atoms with Crippen LogP contribution in [0.2, 0.25) is 0 Å². The van der Waals surface area contributed by atoms with Crippen LogP contribution in [0.15, 0.2) is 0 Å². The van der Waals surface area contributed by atoms with Crippen LogP contribution in [0.4, 0.5) is 0 Å². The molecular formula is C14H27ClN2. The minimum absolute atomic E-state index is 0. The highest BCUT2D eigenvalue weighted by molar-refractivity contribution is 5.85. The van der Waals surface area contributed by atoms with Crippen LogP contribution in [0.5, 0.6) is 0 Å². The van der Waals surface area contributed by atoms with Gasteiger partial charge in [0.1, 0.15) is 0 Å². The molecule has 2 saturated carbocycles. The predicted molar refractivity (Wildman–Crippen MR) is 74.8 cm³/mol. The topological polar surface area (TPSA) is 15.3 Å². The molecule has 0 radical (unpaired) electrons. The molecule has 1 saturated heterocycles. The van der Waals surface area contributed by atoms with Crippen LogP contribution >= 0.6 is 12.4 Å². The Morgan fingerprint density at radius 3 is 2.47 bits per heavy atom. The van der Waals surface area contributed by atoms with Crippen LogP contribution in [0.3, 0.4) is 0 Å². The Hall–Kier alpha value is 0.210. The number of hydrogen-bond donors (Lipinski definition) is 1. The Labute approximate surface area is 112 Å². The van der Waals surface area contributed by atoms with Crippen molar-refractivity contribution in [3.8, 4) is 0 Å². The predicted octanol–water partition coefficient (Wildman–Crippen LogP) is 2.67. The van der Waals surface area contributed by atoms with Gasteiger partial charge in [0.25, 0.3) is 0 Å². The zero-order valence-electron chi connectivity index (χ0n) is 11.1. The highest BCUT2D eigenvalue weighted by Crippen LogP contribution is 2.36. The van der Waals surface area contributed by atoms with Crippen molar-refractivity contribution in [2.75, 3.05) is 26.2 Å². The van der Waals surface area contributed by atoms with E-state index in [1.165, 1.54) is 64.7 Å². The van der Waals surface area contributed by atoms with Crippen LogP contribution in [0.25, 0.3) is 0 Å². The van der Waals surface area contributed by atoms with Crippen LogP contribution < -0.4 is 5.32 Å². The minimum atomic E-state index is 0. The lowest BCUT2D eigenvalue weighted by Gasteiger charge is -2.42. The smallest absolute Gasteiger partial charge is 0.00956 e. The lowest BCUT2D eigenvalue weighted by molar-refractivity contribution is 0.0776. The first kappa shape index (κ1) is 13.6. The first-order chi connectivity index (χ1) is 7.75. The maximum Gasteiger partial charge on any atom is 0.00956 e. The Kier molecular flexibility index (Phi) is 4.38. The van der Waals surface area contributed by atoms with E-state index in [9.17, 15) is 0 Å². The fraction of sp³-hybridized carbons (Fsp3) is 1.00. The lowest BCUT2D eigenvalue weighted by atomic mass is 9.85. The van der Waals surface area contributed by atoms with Crippen molar-refractivity contribution in [2.45, 2.75) is 51.5 Å². The Balaban J connectivity index is 0.00000108. The summed E-state index contributed by atoms with van der Waals surface area (Å²) in [5, 5.41) is 3.54. The molecule has 0 aromatic carbocycles. The van der Waals surface area contributed by atoms with Gasteiger partial charge >= 0.3 is 0 Å². The molecule has 3 rings (SSSR count). The van der Waals surface area contributed by atoms with Crippen molar-refractivity contribution in [1.82, 2.24) is 10.2 Å². The molecule has 1 heterocycles. The molecule has 0 amide bonds. The summed E-state index contributed by atoms with van der Waals surface area (Å²) in [7, 11) is 0. The van der Waals surface area contributed by atoms with Crippen LogP contribution in [-0.4, -0.2) is 37.1 Å². The maximum atomic E-state index is 3.54. The van der Waals surface area contributed by atoms with E-state index >= 15 is 0 Å². The Morgan fingerprint density at radius 2 is 2.00 bits per heavy atom. The standard InChI is InChI=1S/C14H26N2.ClH/c1-14(7-8-15-10-14)11-16(9-12-5-6-12)13-3-2-4-13;/h12-13,15H,2-11H2,1H3;1H. The third kappa shape index (κ3) is 3.36. The average Bonchev–Trinajstić information content (AvgIpc) is 2.85. The molecule has 1 aliphatic heterocycles. The van der Waals surface area contributed by atoms with Gasteiger partial charge in [-0.3, -0.25) is 4.90 Å². The zero-order valence-corrected chi connectivity index (χ0v) is 11.9. The molecule has 3 heteroatoms. The lowest BCUT2D eigenvalue weighted by Crippen LogP contribution is -2.47. The van der Waals surface area contributed by atoms with Crippen molar-refractivity contribution in [1.29, 1.82) is 0 Å². The summed E-state index contributed by atoms with van der Waals surface area (Å²) in [6.45, 7) is 7.70. The van der Waals surface area contributed by atoms with Crippen LogP contribution in [-0.2, 0) is 0 Å². The van der Waals surface area contributed by atoms with E-state index in [4.69, 9.17) is 0 Å². The minimum Gasteiger partial charge on any atom is -0.316 e. The molecule has 0 spiro atoms. The molecule has 3 aliphatic rings.